The summed E-state index contributed by atoms with van der Waals surface area (Å²) in [6.07, 6.45) is 0.718. The number of esters is 1. The Balaban J connectivity index is 2.14. The summed E-state index contributed by atoms with van der Waals surface area (Å²) in [4.78, 5) is 28.7. The standard InChI is InChI=1S/C13H20N2O3S2/c1-10-14-11(9-20-10)8-19-7-5-12(16)15(2)6-4-13(17)18-3/h9H,4-8H2,1-3H3. The molecule has 7 heteroatoms. The largest absolute Gasteiger partial charge is 0.469 e. The third-order valence-electron chi connectivity index (χ3n) is 2.68. The Morgan fingerprint density at radius 2 is 2.20 bits per heavy atom. The van der Waals surface area contributed by atoms with Crippen LogP contribution >= 0.6 is 23.1 Å². The van der Waals surface area contributed by atoms with Crippen LogP contribution < -0.4 is 0 Å². The zero-order valence-electron chi connectivity index (χ0n) is 12.0. The maximum atomic E-state index is 11.8. The molecular weight excluding hydrogens is 296 g/mol. The lowest BCUT2D eigenvalue weighted by Crippen LogP contribution is -2.29. The van der Waals surface area contributed by atoms with E-state index in [1.54, 1.807) is 35.0 Å². The van der Waals surface area contributed by atoms with E-state index in [4.69, 9.17) is 0 Å². The average Bonchev–Trinajstić information content (AvgIpc) is 2.85. The Hall–Kier alpha value is -1.08. The van der Waals surface area contributed by atoms with Gasteiger partial charge in [-0.15, -0.1) is 11.3 Å². The van der Waals surface area contributed by atoms with Gasteiger partial charge in [0.15, 0.2) is 0 Å². The lowest BCUT2D eigenvalue weighted by atomic mass is 10.3. The minimum absolute atomic E-state index is 0.0517. The van der Waals surface area contributed by atoms with Crippen molar-refractivity contribution in [1.29, 1.82) is 0 Å². The van der Waals surface area contributed by atoms with Crippen LogP contribution in [0.4, 0.5) is 0 Å². The zero-order chi connectivity index (χ0) is 15.0. The molecule has 0 fully saturated rings. The van der Waals surface area contributed by atoms with Crippen molar-refractivity contribution >= 4 is 35.0 Å². The molecule has 1 rings (SSSR count). The van der Waals surface area contributed by atoms with Crippen LogP contribution in [0.5, 0.6) is 0 Å². The highest BCUT2D eigenvalue weighted by molar-refractivity contribution is 7.98. The molecule has 1 heterocycles. The molecule has 20 heavy (non-hydrogen) atoms. The predicted molar refractivity (Wildman–Crippen MR) is 81.9 cm³/mol. The van der Waals surface area contributed by atoms with E-state index < -0.39 is 0 Å². The smallest absolute Gasteiger partial charge is 0.307 e. The summed E-state index contributed by atoms with van der Waals surface area (Å²) in [5, 5.41) is 3.12. The van der Waals surface area contributed by atoms with E-state index in [-0.39, 0.29) is 18.3 Å². The van der Waals surface area contributed by atoms with E-state index >= 15 is 0 Å². The van der Waals surface area contributed by atoms with Crippen LogP contribution in [0.2, 0.25) is 0 Å². The molecule has 0 radical (unpaired) electrons. The second-order valence-corrected chi connectivity index (χ2v) is 6.47. The van der Waals surface area contributed by atoms with Crippen LogP contribution in [0.25, 0.3) is 0 Å². The number of methoxy groups -OCH3 is 1. The molecule has 1 amide bonds. The molecule has 0 spiro atoms. The average molecular weight is 316 g/mol. The molecule has 0 atom stereocenters. The van der Waals surface area contributed by atoms with E-state index in [0.29, 0.717) is 13.0 Å². The number of rotatable bonds is 8. The van der Waals surface area contributed by atoms with Gasteiger partial charge in [0.1, 0.15) is 0 Å². The molecular formula is C13H20N2O3S2. The molecule has 0 saturated heterocycles. The number of nitrogens with zero attached hydrogens (tertiary/aromatic N) is 2. The van der Waals surface area contributed by atoms with Crippen LogP contribution in [0.1, 0.15) is 23.5 Å². The summed E-state index contributed by atoms with van der Waals surface area (Å²) in [5.74, 6) is 1.36. The van der Waals surface area contributed by atoms with Gasteiger partial charge in [0.25, 0.3) is 0 Å². The number of aryl methyl sites for hydroxylation is 1. The van der Waals surface area contributed by atoms with Gasteiger partial charge in [-0.05, 0) is 6.92 Å². The van der Waals surface area contributed by atoms with Gasteiger partial charge < -0.3 is 9.64 Å². The topological polar surface area (TPSA) is 59.5 Å². The van der Waals surface area contributed by atoms with Gasteiger partial charge in [-0.25, -0.2) is 4.98 Å². The second-order valence-electron chi connectivity index (χ2n) is 4.30. The molecule has 0 aromatic carbocycles. The van der Waals surface area contributed by atoms with Crippen LogP contribution in [0.3, 0.4) is 0 Å². The Morgan fingerprint density at radius 1 is 1.45 bits per heavy atom. The normalized spacial score (nSPS) is 10.3. The van der Waals surface area contributed by atoms with Gasteiger partial charge in [0.2, 0.25) is 5.91 Å². The number of hydrogen-bond donors (Lipinski definition) is 0. The summed E-state index contributed by atoms with van der Waals surface area (Å²) in [5.41, 5.74) is 1.07. The number of amides is 1. The van der Waals surface area contributed by atoms with Crippen LogP contribution in [-0.4, -0.2) is 48.2 Å². The fourth-order valence-electron chi connectivity index (χ4n) is 1.49. The molecule has 5 nitrogen and oxygen atoms in total. The first-order valence-electron chi connectivity index (χ1n) is 6.32. The minimum Gasteiger partial charge on any atom is -0.469 e. The number of carbonyl (C=O) groups excluding carboxylic acids is 2. The van der Waals surface area contributed by atoms with E-state index in [1.165, 1.54) is 7.11 Å². The number of ether oxygens (including phenoxy) is 1. The van der Waals surface area contributed by atoms with Crippen molar-refractivity contribution in [2.24, 2.45) is 0 Å². The molecule has 0 aliphatic heterocycles. The first-order valence-corrected chi connectivity index (χ1v) is 8.36. The first kappa shape index (κ1) is 17.0. The maximum absolute atomic E-state index is 11.8. The second kappa shape index (κ2) is 8.97. The number of thioether (sulfide) groups is 1. The van der Waals surface area contributed by atoms with Crippen molar-refractivity contribution in [3.05, 3.63) is 16.1 Å². The summed E-state index contributed by atoms with van der Waals surface area (Å²) >= 11 is 3.34. The molecule has 1 aromatic heterocycles. The van der Waals surface area contributed by atoms with E-state index in [1.807, 2.05) is 12.3 Å². The Labute approximate surface area is 127 Å². The number of carbonyl (C=O) groups is 2. The predicted octanol–water partition coefficient (Wildman–Crippen LogP) is 2.10. The van der Waals surface area contributed by atoms with Crippen LogP contribution in [0.15, 0.2) is 5.38 Å². The van der Waals surface area contributed by atoms with E-state index in [2.05, 4.69) is 9.72 Å². The lowest BCUT2D eigenvalue weighted by molar-refractivity contribution is -0.141. The van der Waals surface area contributed by atoms with Gasteiger partial charge in [-0.1, -0.05) is 0 Å². The summed E-state index contributed by atoms with van der Waals surface area (Å²) in [7, 11) is 3.06. The summed E-state index contributed by atoms with van der Waals surface area (Å²) in [6, 6.07) is 0. The van der Waals surface area contributed by atoms with Crippen molar-refractivity contribution in [3.8, 4) is 0 Å². The third kappa shape index (κ3) is 6.38. The van der Waals surface area contributed by atoms with E-state index in [9.17, 15) is 9.59 Å². The molecule has 0 bridgehead atoms. The van der Waals surface area contributed by atoms with Gasteiger partial charge in [0.05, 0.1) is 24.2 Å². The van der Waals surface area contributed by atoms with Gasteiger partial charge in [-0.3, -0.25) is 9.59 Å². The monoisotopic (exact) mass is 316 g/mol. The fourth-order valence-corrected chi connectivity index (χ4v) is 3.03. The van der Waals surface area contributed by atoms with E-state index in [0.717, 1.165) is 22.2 Å². The molecule has 112 valence electrons. The highest BCUT2D eigenvalue weighted by Gasteiger charge is 2.10. The Morgan fingerprint density at radius 3 is 2.80 bits per heavy atom. The highest BCUT2D eigenvalue weighted by Crippen LogP contribution is 2.16. The van der Waals surface area contributed by atoms with Crippen LogP contribution in [0, 0.1) is 6.92 Å². The molecule has 1 aromatic rings. The van der Waals surface area contributed by atoms with Crippen molar-refractivity contribution in [3.63, 3.8) is 0 Å². The third-order valence-corrected chi connectivity index (χ3v) is 4.50. The van der Waals surface area contributed by atoms with Crippen molar-refractivity contribution in [1.82, 2.24) is 9.88 Å². The SMILES string of the molecule is COC(=O)CCN(C)C(=O)CCSCc1csc(C)n1. The zero-order valence-corrected chi connectivity index (χ0v) is 13.7. The van der Waals surface area contributed by atoms with Crippen molar-refractivity contribution in [2.45, 2.75) is 25.5 Å². The fraction of sp³-hybridized carbons (Fsp3) is 0.615. The number of aromatic nitrogens is 1. The maximum Gasteiger partial charge on any atom is 0.307 e. The van der Waals surface area contributed by atoms with Crippen molar-refractivity contribution < 1.29 is 14.3 Å². The first-order chi connectivity index (χ1) is 9.52. The molecule has 0 unspecified atom stereocenters. The van der Waals surface area contributed by atoms with Gasteiger partial charge >= 0.3 is 5.97 Å². The number of thiazole rings is 1. The molecule has 0 N–H and O–H groups in total. The molecule has 0 saturated carbocycles. The number of hydrogen-bond acceptors (Lipinski definition) is 6. The van der Waals surface area contributed by atoms with Crippen LogP contribution in [-0.2, 0) is 20.1 Å². The lowest BCUT2D eigenvalue weighted by Gasteiger charge is -2.16. The van der Waals surface area contributed by atoms with Crippen molar-refractivity contribution in [2.75, 3.05) is 26.5 Å². The molecule has 0 aliphatic rings. The Kier molecular flexibility index (Phi) is 7.61. The summed E-state index contributed by atoms with van der Waals surface area (Å²) in [6.45, 7) is 2.39. The van der Waals surface area contributed by atoms with Gasteiger partial charge in [-0.2, -0.15) is 11.8 Å². The van der Waals surface area contributed by atoms with Gasteiger partial charge in [0, 0.05) is 36.9 Å². The molecule has 0 aliphatic carbocycles. The summed E-state index contributed by atoms with van der Waals surface area (Å²) < 4.78 is 4.54. The minimum atomic E-state index is -0.294. The highest BCUT2D eigenvalue weighted by atomic mass is 32.2. The Bertz CT molecular complexity index is 449. The quantitative estimate of drug-likeness (QED) is 0.543.